The standard InChI is InChI=1S/C21H30N2O5/c1-13(2)10-16(19(25)26)22-18(24)17-11-14-8-6-7-9-15(14)12-23(17)20(27)28-21(3,4)5/h6-9,13,16-17H,10-12H2,1-5H3,(H,22,24)(H,25,26)/p-1/t16-,17-/m0/s1. The number of amides is 2. The van der Waals surface area contributed by atoms with Gasteiger partial charge in [0.2, 0.25) is 5.91 Å². The second kappa shape index (κ2) is 8.63. The smallest absolute Gasteiger partial charge is 0.411 e. The van der Waals surface area contributed by atoms with Crippen LogP contribution >= 0.6 is 0 Å². The maximum absolute atomic E-state index is 12.9. The van der Waals surface area contributed by atoms with Gasteiger partial charge in [-0.3, -0.25) is 9.69 Å². The number of hydrogen-bond acceptors (Lipinski definition) is 5. The minimum atomic E-state index is -1.33. The molecule has 0 unspecified atom stereocenters. The summed E-state index contributed by atoms with van der Waals surface area (Å²) in [5, 5.41) is 14.0. The third-order valence-electron chi connectivity index (χ3n) is 4.49. The monoisotopic (exact) mass is 389 g/mol. The first-order chi connectivity index (χ1) is 13.0. The van der Waals surface area contributed by atoms with Crippen molar-refractivity contribution in [1.82, 2.24) is 10.2 Å². The molecule has 7 heteroatoms. The Balaban J connectivity index is 2.27. The summed E-state index contributed by atoms with van der Waals surface area (Å²) in [6.07, 6.45) is -0.0528. The van der Waals surface area contributed by atoms with E-state index in [9.17, 15) is 19.5 Å². The van der Waals surface area contributed by atoms with Crippen molar-refractivity contribution in [1.29, 1.82) is 0 Å². The number of carboxylic acids is 1. The molecular formula is C21H29N2O5-. The van der Waals surface area contributed by atoms with Crippen LogP contribution in [0.1, 0.15) is 52.2 Å². The van der Waals surface area contributed by atoms with Crippen molar-refractivity contribution < 1.29 is 24.2 Å². The van der Waals surface area contributed by atoms with Crippen molar-refractivity contribution in [2.75, 3.05) is 0 Å². The lowest BCUT2D eigenvalue weighted by Crippen LogP contribution is -2.57. The second-order valence-electron chi connectivity index (χ2n) is 8.61. The van der Waals surface area contributed by atoms with Crippen molar-refractivity contribution in [3.8, 4) is 0 Å². The van der Waals surface area contributed by atoms with E-state index in [-0.39, 0.29) is 18.9 Å². The van der Waals surface area contributed by atoms with Gasteiger partial charge in [0.1, 0.15) is 11.6 Å². The van der Waals surface area contributed by atoms with Crippen molar-refractivity contribution in [3.63, 3.8) is 0 Å². The number of carbonyl (C=O) groups is 3. The number of carboxylic acid groups (broad SMARTS) is 1. The molecule has 1 aromatic carbocycles. The summed E-state index contributed by atoms with van der Waals surface area (Å²) in [4.78, 5) is 38.5. The molecule has 2 amide bonds. The van der Waals surface area contributed by atoms with Gasteiger partial charge in [0.05, 0.1) is 18.6 Å². The molecule has 0 fully saturated rings. The van der Waals surface area contributed by atoms with Gasteiger partial charge < -0.3 is 20.0 Å². The number of fused-ring (bicyclic) bond motifs is 1. The lowest BCUT2D eigenvalue weighted by Gasteiger charge is -2.37. The van der Waals surface area contributed by atoms with Crippen LogP contribution in [-0.4, -0.2) is 40.6 Å². The molecule has 154 valence electrons. The molecule has 1 aromatic rings. The molecule has 2 atom stereocenters. The van der Waals surface area contributed by atoms with E-state index in [1.807, 2.05) is 38.1 Å². The summed E-state index contributed by atoms with van der Waals surface area (Å²) in [7, 11) is 0. The molecule has 0 saturated carbocycles. The molecule has 1 heterocycles. The van der Waals surface area contributed by atoms with Crippen molar-refractivity contribution in [2.45, 2.75) is 71.7 Å². The highest BCUT2D eigenvalue weighted by atomic mass is 16.6. The topological polar surface area (TPSA) is 98.8 Å². The van der Waals surface area contributed by atoms with Gasteiger partial charge in [0.25, 0.3) is 0 Å². The first kappa shape index (κ1) is 21.7. The third-order valence-corrected chi connectivity index (χ3v) is 4.49. The van der Waals surface area contributed by atoms with Crippen LogP contribution in [0, 0.1) is 5.92 Å². The fraction of sp³-hybridized carbons (Fsp3) is 0.571. The quantitative estimate of drug-likeness (QED) is 0.825. The van der Waals surface area contributed by atoms with E-state index < -0.39 is 35.7 Å². The highest BCUT2D eigenvalue weighted by molar-refractivity contribution is 5.89. The van der Waals surface area contributed by atoms with E-state index in [1.54, 1.807) is 20.8 Å². The molecule has 1 aliphatic heterocycles. The number of carbonyl (C=O) groups excluding carboxylic acids is 3. The normalized spacial score (nSPS) is 17.6. The van der Waals surface area contributed by atoms with Gasteiger partial charge in [-0.2, -0.15) is 0 Å². The summed E-state index contributed by atoms with van der Waals surface area (Å²) >= 11 is 0. The summed E-state index contributed by atoms with van der Waals surface area (Å²) in [5.41, 5.74) is 1.19. The summed E-state index contributed by atoms with van der Waals surface area (Å²) in [6, 6.07) is 5.61. The van der Waals surface area contributed by atoms with Crippen LogP contribution in [0.5, 0.6) is 0 Å². The Hall–Kier alpha value is -2.57. The van der Waals surface area contributed by atoms with Crippen LogP contribution in [0.15, 0.2) is 24.3 Å². The Bertz CT molecular complexity index is 739. The molecule has 0 aromatic heterocycles. The Morgan fingerprint density at radius 2 is 1.82 bits per heavy atom. The summed E-state index contributed by atoms with van der Waals surface area (Å²) in [5.74, 6) is -1.78. The van der Waals surface area contributed by atoms with E-state index in [4.69, 9.17) is 4.74 Å². The highest BCUT2D eigenvalue weighted by Crippen LogP contribution is 2.25. The minimum Gasteiger partial charge on any atom is -0.548 e. The SMILES string of the molecule is CC(C)C[C@H](NC(=O)[C@@H]1Cc2ccccc2CN1C(=O)OC(C)(C)C)C(=O)[O-]. The Labute approximate surface area is 166 Å². The molecule has 1 aliphatic rings. The fourth-order valence-electron chi connectivity index (χ4n) is 3.22. The van der Waals surface area contributed by atoms with Crippen LogP contribution in [0.4, 0.5) is 4.79 Å². The Morgan fingerprint density at radius 3 is 2.36 bits per heavy atom. The molecule has 2 rings (SSSR count). The average Bonchev–Trinajstić information content (AvgIpc) is 2.57. The van der Waals surface area contributed by atoms with E-state index in [2.05, 4.69) is 5.32 Å². The van der Waals surface area contributed by atoms with E-state index >= 15 is 0 Å². The zero-order valence-corrected chi connectivity index (χ0v) is 17.2. The van der Waals surface area contributed by atoms with Crippen LogP contribution in [0.25, 0.3) is 0 Å². The number of benzene rings is 1. The minimum absolute atomic E-state index is 0.0669. The molecular weight excluding hydrogens is 360 g/mol. The number of ether oxygens (including phenoxy) is 1. The predicted octanol–water partition coefficient (Wildman–Crippen LogP) is 1.63. The summed E-state index contributed by atoms with van der Waals surface area (Å²) < 4.78 is 5.47. The predicted molar refractivity (Wildman–Crippen MR) is 102 cm³/mol. The van der Waals surface area contributed by atoms with Crippen molar-refractivity contribution in [2.24, 2.45) is 5.92 Å². The van der Waals surface area contributed by atoms with E-state index in [1.165, 1.54) is 4.90 Å². The molecule has 0 aliphatic carbocycles. The van der Waals surface area contributed by atoms with Gasteiger partial charge in [0.15, 0.2) is 0 Å². The lowest BCUT2D eigenvalue weighted by molar-refractivity contribution is -0.308. The zero-order chi connectivity index (χ0) is 21.1. The first-order valence-corrected chi connectivity index (χ1v) is 9.55. The highest BCUT2D eigenvalue weighted by Gasteiger charge is 2.37. The number of hydrogen-bond donors (Lipinski definition) is 1. The van der Waals surface area contributed by atoms with Crippen molar-refractivity contribution >= 4 is 18.0 Å². The van der Waals surface area contributed by atoms with Gasteiger partial charge in [0, 0.05) is 6.42 Å². The second-order valence-corrected chi connectivity index (χ2v) is 8.61. The van der Waals surface area contributed by atoms with E-state index in [0.717, 1.165) is 11.1 Å². The maximum Gasteiger partial charge on any atom is 0.411 e. The number of rotatable bonds is 5. The Kier molecular flexibility index (Phi) is 6.69. The van der Waals surface area contributed by atoms with Gasteiger partial charge in [-0.05, 0) is 44.2 Å². The molecule has 7 nitrogen and oxygen atoms in total. The Morgan fingerprint density at radius 1 is 1.21 bits per heavy atom. The zero-order valence-electron chi connectivity index (χ0n) is 17.2. The fourth-order valence-corrected chi connectivity index (χ4v) is 3.22. The maximum atomic E-state index is 12.9. The molecule has 28 heavy (non-hydrogen) atoms. The molecule has 0 spiro atoms. The molecule has 0 saturated heterocycles. The van der Waals surface area contributed by atoms with Crippen molar-refractivity contribution in [3.05, 3.63) is 35.4 Å². The van der Waals surface area contributed by atoms with Gasteiger partial charge in [-0.15, -0.1) is 0 Å². The molecule has 0 bridgehead atoms. The number of aliphatic carboxylic acids is 1. The number of nitrogens with one attached hydrogen (secondary N) is 1. The lowest BCUT2D eigenvalue weighted by atomic mass is 9.93. The van der Waals surface area contributed by atoms with Crippen LogP contribution < -0.4 is 10.4 Å². The largest absolute Gasteiger partial charge is 0.548 e. The molecule has 0 radical (unpaired) electrons. The average molecular weight is 389 g/mol. The van der Waals surface area contributed by atoms with Crippen LogP contribution in [0.3, 0.4) is 0 Å². The van der Waals surface area contributed by atoms with Crippen LogP contribution in [-0.2, 0) is 27.3 Å². The molecule has 1 N–H and O–H groups in total. The van der Waals surface area contributed by atoms with Gasteiger partial charge in [-0.25, -0.2) is 4.79 Å². The number of nitrogens with zero attached hydrogens (tertiary/aromatic N) is 1. The first-order valence-electron chi connectivity index (χ1n) is 9.55. The van der Waals surface area contributed by atoms with Crippen LogP contribution in [0.2, 0.25) is 0 Å². The van der Waals surface area contributed by atoms with Gasteiger partial charge >= 0.3 is 6.09 Å². The van der Waals surface area contributed by atoms with E-state index in [0.29, 0.717) is 6.42 Å². The third kappa shape index (κ3) is 5.71. The summed E-state index contributed by atoms with van der Waals surface area (Å²) in [6.45, 7) is 9.23. The van der Waals surface area contributed by atoms with Gasteiger partial charge in [-0.1, -0.05) is 38.1 Å².